The van der Waals surface area contributed by atoms with Gasteiger partial charge in [0.25, 0.3) is 0 Å². The second-order valence-corrected chi connectivity index (χ2v) is 5.42. The zero-order valence-electron chi connectivity index (χ0n) is 12.4. The molecule has 0 spiro atoms. The van der Waals surface area contributed by atoms with E-state index in [1.807, 2.05) is 14.1 Å². The molecule has 0 saturated carbocycles. The van der Waals surface area contributed by atoms with Crippen molar-refractivity contribution >= 4 is 5.91 Å². The van der Waals surface area contributed by atoms with Crippen LogP contribution in [-0.4, -0.2) is 61.5 Å². The highest BCUT2D eigenvalue weighted by Gasteiger charge is 2.33. The third kappa shape index (κ3) is 3.95. The molecule has 106 valence electrons. The first kappa shape index (κ1) is 15.4. The number of nitrogens with zero attached hydrogens (tertiary/aromatic N) is 2. The number of likely N-dealkylation sites (N-methyl/N-ethyl adjacent to an activating group) is 1. The predicted molar refractivity (Wildman–Crippen MR) is 75.7 cm³/mol. The molecule has 0 aromatic rings. The van der Waals surface area contributed by atoms with Crippen LogP contribution in [0.25, 0.3) is 0 Å². The number of hydrogen-bond donors (Lipinski definition) is 1. The van der Waals surface area contributed by atoms with Crippen LogP contribution in [0.5, 0.6) is 0 Å². The van der Waals surface area contributed by atoms with Crippen molar-refractivity contribution in [2.75, 3.05) is 33.7 Å². The third-order valence-electron chi connectivity index (χ3n) is 3.72. The number of piperazine rings is 1. The maximum Gasteiger partial charge on any atom is 0.240 e. The van der Waals surface area contributed by atoms with E-state index in [1.54, 1.807) is 4.90 Å². The Balaban J connectivity index is 2.75. The van der Waals surface area contributed by atoms with E-state index in [0.29, 0.717) is 6.04 Å². The largest absolute Gasteiger partial charge is 0.347 e. The van der Waals surface area contributed by atoms with Crippen LogP contribution in [-0.2, 0) is 4.79 Å². The van der Waals surface area contributed by atoms with Crippen LogP contribution in [0.4, 0.5) is 0 Å². The first-order valence-corrected chi connectivity index (χ1v) is 7.29. The summed E-state index contributed by atoms with van der Waals surface area (Å²) in [5.74, 6) is 0.236. The van der Waals surface area contributed by atoms with Gasteiger partial charge in [0.15, 0.2) is 0 Å². The lowest BCUT2D eigenvalue weighted by molar-refractivity contribution is -0.136. The molecule has 4 nitrogen and oxygen atoms in total. The number of hydrogen-bond acceptors (Lipinski definition) is 3. The summed E-state index contributed by atoms with van der Waals surface area (Å²) in [6, 6.07) is 0.591. The molecule has 1 N–H and O–H groups in total. The molecule has 1 amide bonds. The second kappa shape index (κ2) is 7.74. The normalized spacial score (nSPS) is 21.3. The van der Waals surface area contributed by atoms with E-state index in [2.05, 4.69) is 24.1 Å². The molecule has 0 aliphatic carbocycles. The Kier molecular flexibility index (Phi) is 6.65. The predicted octanol–water partition coefficient (Wildman–Crippen LogP) is 1.32. The zero-order valence-corrected chi connectivity index (χ0v) is 12.4. The Morgan fingerprint density at radius 1 is 1.33 bits per heavy atom. The number of carbonyl (C=O) groups is 1. The Bertz CT molecular complexity index is 249. The summed E-state index contributed by atoms with van der Waals surface area (Å²) in [5.41, 5.74) is 0. The van der Waals surface area contributed by atoms with Gasteiger partial charge in [-0.1, -0.05) is 26.7 Å². The van der Waals surface area contributed by atoms with Crippen LogP contribution < -0.4 is 5.32 Å². The Hall–Kier alpha value is -0.610. The molecule has 1 unspecified atom stereocenters. The lowest BCUT2D eigenvalue weighted by Gasteiger charge is -2.41. The SMILES string of the molecule is CCCC(CCC)N1CCNCC1C(=O)N(C)C. The maximum absolute atomic E-state index is 12.3. The van der Waals surface area contributed by atoms with Crippen molar-refractivity contribution in [3.05, 3.63) is 0 Å². The van der Waals surface area contributed by atoms with E-state index in [-0.39, 0.29) is 11.9 Å². The van der Waals surface area contributed by atoms with Gasteiger partial charge in [-0.25, -0.2) is 0 Å². The molecule has 0 radical (unpaired) electrons. The van der Waals surface area contributed by atoms with Crippen molar-refractivity contribution in [2.24, 2.45) is 0 Å². The van der Waals surface area contributed by atoms with Gasteiger partial charge in [-0.05, 0) is 12.8 Å². The summed E-state index contributed by atoms with van der Waals surface area (Å²) in [4.78, 5) is 16.4. The Morgan fingerprint density at radius 2 is 1.94 bits per heavy atom. The molecule has 1 aliphatic rings. The minimum atomic E-state index is 0.0249. The fourth-order valence-electron chi connectivity index (χ4n) is 2.83. The smallest absolute Gasteiger partial charge is 0.240 e. The molecular weight excluding hydrogens is 226 g/mol. The van der Waals surface area contributed by atoms with Crippen molar-refractivity contribution in [2.45, 2.75) is 51.6 Å². The third-order valence-corrected chi connectivity index (χ3v) is 3.72. The lowest BCUT2D eigenvalue weighted by atomic mass is 10.0. The van der Waals surface area contributed by atoms with Crippen molar-refractivity contribution in [1.29, 1.82) is 0 Å². The van der Waals surface area contributed by atoms with E-state index < -0.39 is 0 Å². The second-order valence-electron chi connectivity index (χ2n) is 5.42. The molecular formula is C14H29N3O. The van der Waals surface area contributed by atoms with Gasteiger partial charge < -0.3 is 10.2 Å². The van der Waals surface area contributed by atoms with Crippen LogP contribution in [0.15, 0.2) is 0 Å². The monoisotopic (exact) mass is 255 g/mol. The van der Waals surface area contributed by atoms with Crippen LogP contribution in [0.1, 0.15) is 39.5 Å². The van der Waals surface area contributed by atoms with Crippen LogP contribution in [0.2, 0.25) is 0 Å². The molecule has 4 heteroatoms. The van der Waals surface area contributed by atoms with Gasteiger partial charge in [0, 0.05) is 39.8 Å². The summed E-state index contributed by atoms with van der Waals surface area (Å²) in [6.07, 6.45) is 4.78. The van der Waals surface area contributed by atoms with Crippen LogP contribution in [0.3, 0.4) is 0 Å². The average Bonchev–Trinajstić information content (AvgIpc) is 2.37. The standard InChI is InChI=1S/C14H29N3O/c1-5-7-12(8-6-2)17-10-9-15-11-13(17)14(18)16(3)4/h12-13,15H,5-11H2,1-4H3. The van der Waals surface area contributed by atoms with E-state index in [4.69, 9.17) is 0 Å². The Morgan fingerprint density at radius 3 is 2.44 bits per heavy atom. The molecule has 0 aromatic carbocycles. The van der Waals surface area contributed by atoms with Crippen molar-refractivity contribution in [3.8, 4) is 0 Å². The number of rotatable bonds is 6. The van der Waals surface area contributed by atoms with Gasteiger partial charge in [-0.3, -0.25) is 9.69 Å². The van der Waals surface area contributed by atoms with E-state index in [9.17, 15) is 4.79 Å². The molecule has 1 heterocycles. The van der Waals surface area contributed by atoms with Gasteiger partial charge in [-0.2, -0.15) is 0 Å². The minimum Gasteiger partial charge on any atom is -0.347 e. The highest BCUT2D eigenvalue weighted by Crippen LogP contribution is 2.18. The lowest BCUT2D eigenvalue weighted by Crippen LogP contribution is -2.60. The van der Waals surface area contributed by atoms with Gasteiger partial charge in [0.1, 0.15) is 6.04 Å². The molecule has 18 heavy (non-hydrogen) atoms. The highest BCUT2D eigenvalue weighted by molar-refractivity contribution is 5.81. The first-order valence-electron chi connectivity index (χ1n) is 7.29. The molecule has 1 saturated heterocycles. The summed E-state index contributed by atoms with van der Waals surface area (Å²) < 4.78 is 0. The van der Waals surface area contributed by atoms with Crippen molar-refractivity contribution in [1.82, 2.24) is 15.1 Å². The summed E-state index contributed by atoms with van der Waals surface area (Å²) >= 11 is 0. The molecule has 0 bridgehead atoms. The van der Waals surface area contributed by atoms with Gasteiger partial charge in [0.05, 0.1) is 0 Å². The minimum absolute atomic E-state index is 0.0249. The molecule has 1 fully saturated rings. The topological polar surface area (TPSA) is 35.6 Å². The first-order chi connectivity index (χ1) is 8.61. The summed E-state index contributed by atoms with van der Waals surface area (Å²) in [7, 11) is 3.70. The number of carbonyl (C=O) groups excluding carboxylic acids is 1. The summed E-state index contributed by atoms with van der Waals surface area (Å²) in [6.45, 7) is 7.25. The van der Waals surface area contributed by atoms with Gasteiger partial charge in [-0.15, -0.1) is 0 Å². The molecule has 1 aliphatic heterocycles. The Labute approximate surface area is 112 Å². The average molecular weight is 255 g/mol. The fourth-order valence-corrected chi connectivity index (χ4v) is 2.83. The van der Waals surface area contributed by atoms with E-state index in [0.717, 1.165) is 19.6 Å². The van der Waals surface area contributed by atoms with Crippen LogP contribution in [0, 0.1) is 0 Å². The van der Waals surface area contributed by atoms with Crippen molar-refractivity contribution < 1.29 is 4.79 Å². The van der Waals surface area contributed by atoms with E-state index in [1.165, 1.54) is 25.7 Å². The van der Waals surface area contributed by atoms with Crippen LogP contribution >= 0.6 is 0 Å². The quantitative estimate of drug-likeness (QED) is 0.777. The fraction of sp³-hybridized carbons (Fsp3) is 0.929. The van der Waals surface area contributed by atoms with E-state index >= 15 is 0 Å². The summed E-state index contributed by atoms with van der Waals surface area (Å²) in [5, 5.41) is 3.35. The highest BCUT2D eigenvalue weighted by atomic mass is 16.2. The number of amides is 1. The molecule has 1 rings (SSSR count). The van der Waals surface area contributed by atoms with Crippen molar-refractivity contribution in [3.63, 3.8) is 0 Å². The number of nitrogens with one attached hydrogen (secondary N) is 1. The zero-order chi connectivity index (χ0) is 13.5. The molecule has 0 aromatic heterocycles. The van der Waals surface area contributed by atoms with Gasteiger partial charge >= 0.3 is 0 Å². The molecule has 1 atom stereocenters. The van der Waals surface area contributed by atoms with Gasteiger partial charge in [0.2, 0.25) is 5.91 Å². The maximum atomic E-state index is 12.3.